The second-order valence-electron chi connectivity index (χ2n) is 3.84. The topological polar surface area (TPSA) is 23.5 Å². The van der Waals surface area contributed by atoms with Gasteiger partial charge >= 0.3 is 0 Å². The lowest BCUT2D eigenvalue weighted by Crippen LogP contribution is -2.60. The van der Waals surface area contributed by atoms with Crippen LogP contribution in [-0.4, -0.2) is 34.7 Å². The summed E-state index contributed by atoms with van der Waals surface area (Å²) in [4.78, 5) is 2.40. The lowest BCUT2D eigenvalue weighted by molar-refractivity contribution is -0.0423. The maximum absolute atomic E-state index is 9.20. The van der Waals surface area contributed by atoms with E-state index in [9.17, 15) is 5.11 Å². The third-order valence-corrected chi connectivity index (χ3v) is 3.12. The van der Waals surface area contributed by atoms with Gasteiger partial charge in [0.15, 0.2) is 0 Å². The first-order valence-corrected chi connectivity index (χ1v) is 4.51. The molecule has 2 atom stereocenters. The third-order valence-electron chi connectivity index (χ3n) is 3.12. The Morgan fingerprint density at radius 2 is 2.27 bits per heavy atom. The summed E-state index contributed by atoms with van der Waals surface area (Å²) in [7, 11) is 0. The molecule has 1 saturated heterocycles. The van der Waals surface area contributed by atoms with Gasteiger partial charge in [0.1, 0.15) is 0 Å². The predicted molar refractivity (Wildman–Crippen MR) is 46.6 cm³/mol. The highest BCUT2D eigenvalue weighted by Gasteiger charge is 2.37. The van der Waals surface area contributed by atoms with Crippen LogP contribution in [0.2, 0.25) is 0 Å². The van der Waals surface area contributed by atoms with Gasteiger partial charge in [-0.15, -0.1) is 0 Å². The molecule has 0 spiro atoms. The van der Waals surface area contributed by atoms with Crippen molar-refractivity contribution in [2.45, 2.75) is 45.2 Å². The molecular weight excluding hydrogens is 138 g/mol. The summed E-state index contributed by atoms with van der Waals surface area (Å²) in [5, 5.41) is 9.20. The summed E-state index contributed by atoms with van der Waals surface area (Å²) < 4.78 is 0. The Kier molecular flexibility index (Phi) is 2.55. The molecule has 2 unspecified atom stereocenters. The Balaban J connectivity index is 2.54. The number of hydrogen-bond acceptors (Lipinski definition) is 2. The maximum atomic E-state index is 9.20. The van der Waals surface area contributed by atoms with E-state index in [1.807, 2.05) is 0 Å². The normalized spacial score (nSPS) is 31.1. The molecule has 1 rings (SSSR count). The second-order valence-corrected chi connectivity index (χ2v) is 3.84. The van der Waals surface area contributed by atoms with Crippen molar-refractivity contribution in [2.24, 2.45) is 0 Å². The largest absolute Gasteiger partial charge is 0.394 e. The molecule has 2 heteroatoms. The number of hydrogen-bond donors (Lipinski definition) is 1. The molecule has 0 radical (unpaired) electrons. The lowest BCUT2D eigenvalue weighted by Gasteiger charge is -2.50. The summed E-state index contributed by atoms with van der Waals surface area (Å²) in [6.45, 7) is 7.96. The minimum atomic E-state index is 0.0394. The predicted octanol–water partition coefficient (Wildman–Crippen LogP) is 1.24. The highest BCUT2D eigenvalue weighted by atomic mass is 16.3. The molecule has 11 heavy (non-hydrogen) atoms. The highest BCUT2D eigenvalue weighted by Crippen LogP contribution is 2.29. The van der Waals surface area contributed by atoms with E-state index in [1.165, 1.54) is 6.42 Å². The van der Waals surface area contributed by atoms with Crippen molar-refractivity contribution in [1.82, 2.24) is 4.90 Å². The van der Waals surface area contributed by atoms with Gasteiger partial charge in [-0.3, -0.25) is 4.90 Å². The van der Waals surface area contributed by atoms with Gasteiger partial charge in [0.2, 0.25) is 0 Å². The molecule has 0 bridgehead atoms. The van der Waals surface area contributed by atoms with Crippen LogP contribution in [-0.2, 0) is 0 Å². The number of aliphatic hydroxyl groups excluding tert-OH is 1. The summed E-state index contributed by atoms with van der Waals surface area (Å²) in [6.07, 6.45) is 2.32. The van der Waals surface area contributed by atoms with Crippen LogP contribution in [0.5, 0.6) is 0 Å². The first-order chi connectivity index (χ1) is 5.14. The Hall–Kier alpha value is -0.0800. The maximum Gasteiger partial charge on any atom is 0.0612 e. The minimum Gasteiger partial charge on any atom is -0.394 e. The van der Waals surface area contributed by atoms with E-state index in [0.29, 0.717) is 6.04 Å². The van der Waals surface area contributed by atoms with Crippen LogP contribution in [0.1, 0.15) is 33.6 Å². The Morgan fingerprint density at radius 3 is 2.36 bits per heavy atom. The van der Waals surface area contributed by atoms with E-state index in [2.05, 4.69) is 25.7 Å². The van der Waals surface area contributed by atoms with Crippen molar-refractivity contribution >= 4 is 0 Å². The molecule has 2 nitrogen and oxygen atoms in total. The van der Waals surface area contributed by atoms with E-state index in [4.69, 9.17) is 0 Å². The van der Waals surface area contributed by atoms with Gasteiger partial charge in [-0.2, -0.15) is 0 Å². The van der Waals surface area contributed by atoms with E-state index < -0.39 is 0 Å². The van der Waals surface area contributed by atoms with Gasteiger partial charge in [-0.25, -0.2) is 0 Å². The van der Waals surface area contributed by atoms with Crippen LogP contribution in [0, 0.1) is 0 Å². The SMILES string of the molecule is CCC(C)(CO)N1CCC1C. The smallest absolute Gasteiger partial charge is 0.0612 e. The van der Waals surface area contributed by atoms with Gasteiger partial charge in [-0.05, 0) is 26.7 Å². The molecule has 1 heterocycles. The first-order valence-electron chi connectivity index (χ1n) is 4.51. The number of nitrogens with zero attached hydrogens (tertiary/aromatic N) is 1. The van der Waals surface area contributed by atoms with Crippen LogP contribution < -0.4 is 0 Å². The summed E-state index contributed by atoms with van der Waals surface area (Å²) >= 11 is 0. The van der Waals surface area contributed by atoms with Crippen LogP contribution >= 0.6 is 0 Å². The van der Waals surface area contributed by atoms with Crippen molar-refractivity contribution in [1.29, 1.82) is 0 Å². The molecule has 1 N–H and O–H groups in total. The van der Waals surface area contributed by atoms with Crippen LogP contribution in [0.15, 0.2) is 0 Å². The summed E-state index contributed by atoms with van der Waals surface area (Å²) in [6, 6.07) is 0.673. The summed E-state index contributed by atoms with van der Waals surface area (Å²) in [5.74, 6) is 0. The van der Waals surface area contributed by atoms with Gasteiger partial charge in [0.05, 0.1) is 6.61 Å². The molecule has 1 aliphatic heterocycles. The summed E-state index contributed by atoms with van der Waals surface area (Å²) in [5.41, 5.74) is 0.0394. The van der Waals surface area contributed by atoms with Crippen LogP contribution in [0.4, 0.5) is 0 Å². The molecule has 1 fully saturated rings. The van der Waals surface area contributed by atoms with Crippen molar-refractivity contribution < 1.29 is 5.11 Å². The van der Waals surface area contributed by atoms with E-state index in [1.54, 1.807) is 0 Å². The zero-order valence-electron chi connectivity index (χ0n) is 7.80. The zero-order chi connectivity index (χ0) is 8.48. The molecule has 0 saturated carbocycles. The van der Waals surface area contributed by atoms with Gasteiger partial charge in [0, 0.05) is 18.1 Å². The van der Waals surface area contributed by atoms with Crippen molar-refractivity contribution in [3.05, 3.63) is 0 Å². The second kappa shape index (κ2) is 3.11. The molecule has 1 aliphatic rings. The van der Waals surface area contributed by atoms with Crippen molar-refractivity contribution in [2.75, 3.05) is 13.2 Å². The van der Waals surface area contributed by atoms with E-state index in [0.717, 1.165) is 13.0 Å². The van der Waals surface area contributed by atoms with Crippen molar-refractivity contribution in [3.63, 3.8) is 0 Å². The molecule has 0 aromatic heterocycles. The number of rotatable bonds is 3. The van der Waals surface area contributed by atoms with Crippen LogP contribution in [0.3, 0.4) is 0 Å². The Bertz CT molecular complexity index is 132. The molecule has 0 aromatic carbocycles. The van der Waals surface area contributed by atoms with Gasteiger partial charge in [0.25, 0.3) is 0 Å². The van der Waals surface area contributed by atoms with E-state index in [-0.39, 0.29) is 12.1 Å². The quantitative estimate of drug-likeness (QED) is 0.666. The fraction of sp³-hybridized carbons (Fsp3) is 1.00. The van der Waals surface area contributed by atoms with Crippen molar-refractivity contribution in [3.8, 4) is 0 Å². The Labute approximate surface area is 69.2 Å². The van der Waals surface area contributed by atoms with Crippen LogP contribution in [0.25, 0.3) is 0 Å². The fourth-order valence-corrected chi connectivity index (χ4v) is 1.72. The first kappa shape index (κ1) is 9.01. The zero-order valence-corrected chi connectivity index (χ0v) is 7.80. The number of likely N-dealkylation sites (tertiary alicyclic amines) is 1. The van der Waals surface area contributed by atoms with E-state index >= 15 is 0 Å². The fourth-order valence-electron chi connectivity index (χ4n) is 1.72. The lowest BCUT2D eigenvalue weighted by atomic mass is 9.90. The molecular formula is C9H19NO. The Morgan fingerprint density at radius 1 is 1.64 bits per heavy atom. The highest BCUT2D eigenvalue weighted by molar-refractivity contribution is 4.93. The molecule has 0 aromatic rings. The average molecular weight is 157 g/mol. The standard InChI is InChI=1S/C9H19NO/c1-4-9(3,7-11)10-6-5-8(10)2/h8,11H,4-7H2,1-3H3. The van der Waals surface area contributed by atoms with Gasteiger partial charge in [-0.1, -0.05) is 6.92 Å². The minimum absolute atomic E-state index is 0.0394. The monoisotopic (exact) mass is 157 g/mol. The average Bonchev–Trinajstić information content (AvgIpc) is 2.01. The number of aliphatic hydroxyl groups is 1. The molecule has 0 aliphatic carbocycles. The third kappa shape index (κ3) is 1.42. The molecule has 66 valence electrons. The van der Waals surface area contributed by atoms with Gasteiger partial charge < -0.3 is 5.11 Å². The molecule has 0 amide bonds.